The van der Waals surface area contributed by atoms with Crippen LogP contribution in [0.4, 0.5) is 5.82 Å². The molecule has 0 saturated carbocycles. The molecule has 90 valence electrons. The summed E-state index contributed by atoms with van der Waals surface area (Å²) in [6.45, 7) is 2.04. The van der Waals surface area contributed by atoms with Crippen molar-refractivity contribution < 1.29 is 4.92 Å². The first-order valence-electron chi connectivity index (χ1n) is 5.57. The zero-order chi connectivity index (χ0) is 12.5. The Morgan fingerprint density at radius 3 is 2.76 bits per heavy atom. The highest BCUT2D eigenvalue weighted by Crippen LogP contribution is 2.31. The normalized spacial score (nSPS) is 24.2. The molecule has 0 radical (unpaired) electrons. The van der Waals surface area contributed by atoms with Crippen LogP contribution in [0.3, 0.4) is 0 Å². The molecule has 0 aliphatic heterocycles. The van der Waals surface area contributed by atoms with Crippen LogP contribution in [0.2, 0.25) is 0 Å². The molecule has 2 rings (SSSR count). The second-order valence-electron chi connectivity index (χ2n) is 4.75. The van der Waals surface area contributed by atoms with Crippen molar-refractivity contribution in [3.8, 4) is 0 Å². The molecular formula is C12H15N3O2. The molecule has 0 spiro atoms. The molecule has 0 bridgehead atoms. The van der Waals surface area contributed by atoms with Crippen molar-refractivity contribution in [3.63, 3.8) is 0 Å². The summed E-state index contributed by atoms with van der Waals surface area (Å²) in [5.74, 6) is -0.117. The molecule has 1 aromatic heterocycles. The summed E-state index contributed by atoms with van der Waals surface area (Å²) < 4.78 is 0. The maximum Gasteiger partial charge on any atom is 0.363 e. The van der Waals surface area contributed by atoms with Gasteiger partial charge in [-0.25, -0.2) is 0 Å². The summed E-state index contributed by atoms with van der Waals surface area (Å²) in [5.41, 5.74) is 8.03. The van der Waals surface area contributed by atoms with Crippen molar-refractivity contribution in [3.05, 3.63) is 40.1 Å². The fourth-order valence-electron chi connectivity index (χ4n) is 1.93. The highest BCUT2D eigenvalue weighted by Gasteiger charge is 2.23. The Hall–Kier alpha value is -1.75. The van der Waals surface area contributed by atoms with Gasteiger partial charge in [0.2, 0.25) is 0 Å². The van der Waals surface area contributed by atoms with Crippen molar-refractivity contribution in [2.45, 2.75) is 31.7 Å². The van der Waals surface area contributed by atoms with E-state index in [0.717, 1.165) is 24.8 Å². The zero-order valence-electron chi connectivity index (χ0n) is 9.72. The van der Waals surface area contributed by atoms with Gasteiger partial charge in [0.15, 0.2) is 0 Å². The molecule has 2 N–H and O–H groups in total. The third-order valence-corrected chi connectivity index (χ3v) is 3.09. The van der Waals surface area contributed by atoms with E-state index < -0.39 is 4.92 Å². The Kier molecular flexibility index (Phi) is 2.93. The van der Waals surface area contributed by atoms with Crippen molar-refractivity contribution in [2.75, 3.05) is 0 Å². The van der Waals surface area contributed by atoms with E-state index in [1.807, 2.05) is 6.92 Å². The molecule has 0 aromatic carbocycles. The van der Waals surface area contributed by atoms with E-state index in [9.17, 15) is 10.1 Å². The molecule has 17 heavy (non-hydrogen) atoms. The summed E-state index contributed by atoms with van der Waals surface area (Å²) in [6.07, 6.45) is 6.32. The lowest BCUT2D eigenvalue weighted by molar-refractivity contribution is -0.389. The zero-order valence-corrected chi connectivity index (χ0v) is 9.72. The fourth-order valence-corrected chi connectivity index (χ4v) is 1.93. The minimum absolute atomic E-state index is 0.117. The number of hydrogen-bond acceptors (Lipinski definition) is 4. The van der Waals surface area contributed by atoms with E-state index in [-0.39, 0.29) is 11.4 Å². The van der Waals surface area contributed by atoms with Crippen LogP contribution in [0.1, 0.15) is 31.7 Å². The number of nitrogens with two attached hydrogens (primary N) is 1. The molecule has 1 aromatic rings. The topological polar surface area (TPSA) is 82.0 Å². The quantitative estimate of drug-likeness (QED) is 0.627. The van der Waals surface area contributed by atoms with Gasteiger partial charge >= 0.3 is 5.82 Å². The third-order valence-electron chi connectivity index (χ3n) is 3.09. The average molecular weight is 233 g/mol. The van der Waals surface area contributed by atoms with Crippen LogP contribution in [-0.4, -0.2) is 15.4 Å². The summed E-state index contributed by atoms with van der Waals surface area (Å²) in [6, 6.07) is 3.18. The third kappa shape index (κ3) is 2.68. The van der Waals surface area contributed by atoms with E-state index in [1.165, 1.54) is 11.6 Å². The molecule has 1 aliphatic carbocycles. The lowest BCUT2D eigenvalue weighted by Gasteiger charge is -2.28. The molecule has 0 saturated heterocycles. The van der Waals surface area contributed by atoms with E-state index in [1.54, 1.807) is 12.3 Å². The van der Waals surface area contributed by atoms with Gasteiger partial charge in [-0.05, 0) is 47.7 Å². The molecule has 0 amide bonds. The monoisotopic (exact) mass is 233 g/mol. The number of allylic oxidation sites excluding steroid dienone is 1. The Bertz CT molecular complexity index is 463. The maximum absolute atomic E-state index is 10.5. The van der Waals surface area contributed by atoms with Crippen LogP contribution in [0.15, 0.2) is 24.4 Å². The Morgan fingerprint density at radius 1 is 1.53 bits per heavy atom. The molecule has 1 aliphatic rings. The van der Waals surface area contributed by atoms with Gasteiger partial charge in [0.25, 0.3) is 0 Å². The molecule has 1 heterocycles. The van der Waals surface area contributed by atoms with Gasteiger partial charge in [0.05, 0.1) is 0 Å². The average Bonchev–Trinajstić information content (AvgIpc) is 2.29. The van der Waals surface area contributed by atoms with Crippen LogP contribution in [0, 0.1) is 10.1 Å². The highest BCUT2D eigenvalue weighted by atomic mass is 16.6. The molecule has 1 atom stereocenters. The first-order valence-corrected chi connectivity index (χ1v) is 5.57. The van der Waals surface area contributed by atoms with Crippen molar-refractivity contribution in [1.82, 2.24) is 4.98 Å². The SMILES string of the molecule is CC1(N)CC=C(c2ccc([N+](=O)[O-])nc2)CC1. The van der Waals surface area contributed by atoms with Crippen molar-refractivity contribution >= 4 is 11.4 Å². The smallest absolute Gasteiger partial charge is 0.358 e. The fraction of sp³-hybridized carbons (Fsp3) is 0.417. The predicted molar refractivity (Wildman–Crippen MR) is 65.3 cm³/mol. The molecule has 1 unspecified atom stereocenters. The Morgan fingerprint density at radius 2 is 2.29 bits per heavy atom. The Labute approximate surface area is 99.5 Å². The second-order valence-corrected chi connectivity index (χ2v) is 4.75. The largest absolute Gasteiger partial charge is 0.363 e. The van der Waals surface area contributed by atoms with Crippen molar-refractivity contribution in [1.29, 1.82) is 0 Å². The second kappa shape index (κ2) is 4.25. The first kappa shape index (κ1) is 11.7. The first-order chi connectivity index (χ1) is 7.98. The summed E-state index contributed by atoms with van der Waals surface area (Å²) >= 11 is 0. The standard InChI is InChI=1S/C12H15N3O2/c1-12(13)6-4-9(5-7-12)10-2-3-11(14-8-10)15(16)17/h2-4,8H,5-7,13H2,1H3. The number of rotatable bonds is 2. The molecule has 5 heteroatoms. The predicted octanol–water partition coefficient (Wildman–Crippen LogP) is 2.27. The summed E-state index contributed by atoms with van der Waals surface area (Å²) in [5, 5.41) is 10.5. The molecule has 5 nitrogen and oxygen atoms in total. The number of pyridine rings is 1. The minimum atomic E-state index is -0.490. The van der Waals surface area contributed by atoms with Gasteiger partial charge in [-0.3, -0.25) is 0 Å². The van der Waals surface area contributed by atoms with Gasteiger partial charge in [-0.2, -0.15) is 0 Å². The lowest BCUT2D eigenvalue weighted by Crippen LogP contribution is -2.37. The number of aromatic nitrogens is 1. The van der Waals surface area contributed by atoms with Crippen LogP contribution < -0.4 is 5.73 Å². The van der Waals surface area contributed by atoms with Gasteiger partial charge in [0, 0.05) is 17.2 Å². The number of nitro groups is 1. The van der Waals surface area contributed by atoms with Crippen LogP contribution in [-0.2, 0) is 0 Å². The van der Waals surface area contributed by atoms with Gasteiger partial charge in [0.1, 0.15) is 6.20 Å². The van der Waals surface area contributed by atoms with E-state index in [2.05, 4.69) is 11.1 Å². The van der Waals surface area contributed by atoms with Crippen LogP contribution in [0.5, 0.6) is 0 Å². The van der Waals surface area contributed by atoms with Gasteiger partial charge in [-0.1, -0.05) is 6.08 Å². The van der Waals surface area contributed by atoms with Gasteiger partial charge in [-0.15, -0.1) is 0 Å². The van der Waals surface area contributed by atoms with E-state index >= 15 is 0 Å². The van der Waals surface area contributed by atoms with Crippen molar-refractivity contribution in [2.24, 2.45) is 5.73 Å². The molecule has 0 fully saturated rings. The van der Waals surface area contributed by atoms with Crippen LogP contribution >= 0.6 is 0 Å². The minimum Gasteiger partial charge on any atom is -0.358 e. The highest BCUT2D eigenvalue weighted by molar-refractivity contribution is 5.66. The number of nitrogens with zero attached hydrogens (tertiary/aromatic N) is 2. The van der Waals surface area contributed by atoms with E-state index in [0.29, 0.717) is 0 Å². The van der Waals surface area contributed by atoms with Crippen LogP contribution in [0.25, 0.3) is 5.57 Å². The van der Waals surface area contributed by atoms with E-state index in [4.69, 9.17) is 5.73 Å². The maximum atomic E-state index is 10.5. The lowest BCUT2D eigenvalue weighted by atomic mass is 9.83. The summed E-state index contributed by atoms with van der Waals surface area (Å²) in [4.78, 5) is 13.8. The molecular weight excluding hydrogens is 218 g/mol. The van der Waals surface area contributed by atoms with Gasteiger partial charge < -0.3 is 15.8 Å². The summed E-state index contributed by atoms with van der Waals surface area (Å²) in [7, 11) is 0. The Balaban J connectivity index is 2.19. The number of hydrogen-bond donors (Lipinski definition) is 1.